The van der Waals surface area contributed by atoms with E-state index >= 15 is 0 Å². The number of nitrogens with zero attached hydrogens (tertiary/aromatic N) is 2. The number of hydrogen-bond donors (Lipinski definition) is 2. The van der Waals surface area contributed by atoms with Crippen molar-refractivity contribution in [1.82, 2.24) is 14.3 Å². The quantitative estimate of drug-likeness (QED) is 0.852. The standard InChI is InChI=1S/C13H17N3O3S/c1-10-14-13(8-16(10)2)20(18,19)15-12(9-17)11-6-4-3-5-7-11/h3-8,12,15,17H,9H2,1-2H3/t12-/m0/s1. The summed E-state index contributed by atoms with van der Waals surface area (Å²) in [4.78, 5) is 3.99. The Hall–Kier alpha value is -1.70. The molecule has 0 fully saturated rings. The second-order valence-corrected chi connectivity index (χ2v) is 6.17. The van der Waals surface area contributed by atoms with E-state index in [9.17, 15) is 13.5 Å². The Morgan fingerprint density at radius 2 is 2.00 bits per heavy atom. The Balaban J connectivity index is 2.27. The van der Waals surface area contributed by atoms with Crippen molar-refractivity contribution in [2.75, 3.05) is 6.61 Å². The third-order valence-corrected chi connectivity index (χ3v) is 4.39. The van der Waals surface area contributed by atoms with E-state index in [4.69, 9.17) is 0 Å². The van der Waals surface area contributed by atoms with Gasteiger partial charge in [-0.15, -0.1) is 0 Å². The zero-order valence-electron chi connectivity index (χ0n) is 11.3. The molecule has 7 heteroatoms. The molecule has 0 aliphatic heterocycles. The molecule has 1 aromatic heterocycles. The summed E-state index contributed by atoms with van der Waals surface area (Å²) >= 11 is 0. The molecule has 108 valence electrons. The van der Waals surface area contributed by atoms with Crippen molar-refractivity contribution < 1.29 is 13.5 Å². The summed E-state index contributed by atoms with van der Waals surface area (Å²) in [6, 6.07) is 8.23. The molecule has 0 saturated heterocycles. The SMILES string of the molecule is Cc1nc(S(=O)(=O)N[C@@H](CO)c2ccccc2)cn1C. The normalized spacial score (nSPS) is 13.3. The lowest BCUT2D eigenvalue weighted by atomic mass is 10.1. The van der Waals surface area contributed by atoms with Gasteiger partial charge in [0.15, 0.2) is 5.03 Å². The molecular formula is C13H17N3O3S. The van der Waals surface area contributed by atoms with Gasteiger partial charge in [-0.25, -0.2) is 13.4 Å². The van der Waals surface area contributed by atoms with Crippen molar-refractivity contribution in [3.8, 4) is 0 Å². The number of sulfonamides is 1. The third kappa shape index (κ3) is 3.06. The van der Waals surface area contributed by atoms with Crippen molar-refractivity contribution in [3.05, 3.63) is 47.9 Å². The first kappa shape index (κ1) is 14.7. The molecule has 2 N–H and O–H groups in total. The topological polar surface area (TPSA) is 84.2 Å². The number of aryl methyl sites for hydroxylation is 2. The van der Waals surface area contributed by atoms with Crippen LogP contribution in [0.3, 0.4) is 0 Å². The van der Waals surface area contributed by atoms with Crippen molar-refractivity contribution in [2.45, 2.75) is 18.0 Å². The molecule has 0 aliphatic carbocycles. The van der Waals surface area contributed by atoms with E-state index in [-0.39, 0.29) is 11.6 Å². The van der Waals surface area contributed by atoms with Crippen molar-refractivity contribution in [3.63, 3.8) is 0 Å². The van der Waals surface area contributed by atoms with Crippen LogP contribution in [0.1, 0.15) is 17.4 Å². The maximum absolute atomic E-state index is 12.2. The van der Waals surface area contributed by atoms with E-state index in [1.165, 1.54) is 6.20 Å². The van der Waals surface area contributed by atoms with Crippen molar-refractivity contribution in [2.24, 2.45) is 7.05 Å². The van der Waals surface area contributed by atoms with E-state index in [1.54, 1.807) is 42.8 Å². The van der Waals surface area contributed by atoms with E-state index in [2.05, 4.69) is 9.71 Å². The van der Waals surface area contributed by atoms with Gasteiger partial charge in [0.05, 0.1) is 12.6 Å². The van der Waals surface area contributed by atoms with Gasteiger partial charge >= 0.3 is 0 Å². The summed E-state index contributed by atoms with van der Waals surface area (Å²) in [6.45, 7) is 1.40. The molecular weight excluding hydrogens is 278 g/mol. The molecule has 2 rings (SSSR count). The molecule has 0 aliphatic rings. The van der Waals surface area contributed by atoms with Crippen LogP contribution in [0.15, 0.2) is 41.6 Å². The molecule has 2 aromatic rings. The Bertz CT molecular complexity index is 661. The van der Waals surface area contributed by atoms with Crippen LogP contribution in [0.2, 0.25) is 0 Å². The van der Waals surface area contributed by atoms with Gasteiger partial charge in [-0.2, -0.15) is 4.72 Å². The van der Waals surface area contributed by atoms with E-state index in [0.29, 0.717) is 11.4 Å². The second-order valence-electron chi connectivity index (χ2n) is 4.50. The van der Waals surface area contributed by atoms with Crippen LogP contribution >= 0.6 is 0 Å². The summed E-state index contributed by atoms with van der Waals surface area (Å²) in [5, 5.41) is 9.35. The number of aliphatic hydroxyl groups is 1. The minimum atomic E-state index is -3.76. The lowest BCUT2D eigenvalue weighted by Crippen LogP contribution is -2.31. The number of aliphatic hydroxyl groups excluding tert-OH is 1. The fourth-order valence-corrected chi connectivity index (χ4v) is 3.05. The second kappa shape index (κ2) is 5.74. The average Bonchev–Trinajstić information content (AvgIpc) is 2.78. The number of aromatic nitrogens is 2. The van der Waals surface area contributed by atoms with Crippen LogP contribution in [-0.2, 0) is 17.1 Å². The first-order valence-electron chi connectivity index (χ1n) is 6.12. The highest BCUT2D eigenvalue weighted by atomic mass is 32.2. The number of nitrogens with one attached hydrogen (secondary N) is 1. The summed E-state index contributed by atoms with van der Waals surface area (Å²) < 4.78 is 28.6. The number of rotatable bonds is 5. The van der Waals surface area contributed by atoms with Crippen LogP contribution < -0.4 is 4.72 Å². The number of imidazole rings is 1. The molecule has 0 radical (unpaired) electrons. The van der Waals surface area contributed by atoms with Crippen LogP contribution in [0.5, 0.6) is 0 Å². The van der Waals surface area contributed by atoms with Gasteiger partial charge in [0.2, 0.25) is 0 Å². The van der Waals surface area contributed by atoms with Crippen LogP contribution in [-0.4, -0.2) is 29.7 Å². The van der Waals surface area contributed by atoms with Gasteiger partial charge in [-0.1, -0.05) is 30.3 Å². The van der Waals surface area contributed by atoms with Gasteiger partial charge in [0.1, 0.15) is 5.82 Å². The predicted molar refractivity (Wildman–Crippen MR) is 74.5 cm³/mol. The molecule has 20 heavy (non-hydrogen) atoms. The maximum Gasteiger partial charge on any atom is 0.260 e. The first-order chi connectivity index (χ1) is 9.44. The Labute approximate surface area is 118 Å². The maximum atomic E-state index is 12.2. The first-order valence-corrected chi connectivity index (χ1v) is 7.60. The molecule has 6 nitrogen and oxygen atoms in total. The van der Waals surface area contributed by atoms with Gasteiger partial charge < -0.3 is 9.67 Å². The Kier molecular flexibility index (Phi) is 4.22. The summed E-state index contributed by atoms with van der Waals surface area (Å²) in [7, 11) is -2.04. The molecule has 0 amide bonds. The third-order valence-electron chi connectivity index (χ3n) is 3.04. The van der Waals surface area contributed by atoms with Crippen molar-refractivity contribution >= 4 is 10.0 Å². The highest BCUT2D eigenvalue weighted by Gasteiger charge is 2.23. The highest BCUT2D eigenvalue weighted by Crippen LogP contribution is 2.16. The van der Waals surface area contributed by atoms with Gasteiger partial charge in [-0.3, -0.25) is 0 Å². The molecule has 1 atom stereocenters. The molecule has 0 bridgehead atoms. The molecule has 0 spiro atoms. The average molecular weight is 295 g/mol. The van der Waals surface area contributed by atoms with Crippen LogP contribution in [0.4, 0.5) is 0 Å². The zero-order chi connectivity index (χ0) is 14.8. The van der Waals surface area contributed by atoms with E-state index in [1.807, 2.05) is 6.07 Å². The van der Waals surface area contributed by atoms with Gasteiger partial charge in [0, 0.05) is 13.2 Å². The van der Waals surface area contributed by atoms with Crippen LogP contribution in [0, 0.1) is 6.92 Å². The monoisotopic (exact) mass is 295 g/mol. The number of benzene rings is 1. The minimum absolute atomic E-state index is 0.0492. The highest BCUT2D eigenvalue weighted by molar-refractivity contribution is 7.89. The minimum Gasteiger partial charge on any atom is -0.394 e. The van der Waals surface area contributed by atoms with E-state index in [0.717, 1.165) is 0 Å². The lowest BCUT2D eigenvalue weighted by Gasteiger charge is -2.15. The summed E-state index contributed by atoms with van der Waals surface area (Å²) in [5.74, 6) is 0.602. The predicted octanol–water partition coefficient (Wildman–Crippen LogP) is 0.740. The van der Waals surface area contributed by atoms with E-state index < -0.39 is 16.1 Å². The van der Waals surface area contributed by atoms with Crippen LogP contribution in [0.25, 0.3) is 0 Å². The molecule has 1 aromatic carbocycles. The Morgan fingerprint density at radius 1 is 1.35 bits per heavy atom. The fourth-order valence-electron chi connectivity index (χ4n) is 1.80. The molecule has 0 saturated carbocycles. The number of hydrogen-bond acceptors (Lipinski definition) is 4. The largest absolute Gasteiger partial charge is 0.394 e. The van der Waals surface area contributed by atoms with Gasteiger partial charge in [-0.05, 0) is 12.5 Å². The lowest BCUT2D eigenvalue weighted by molar-refractivity contribution is 0.259. The molecule has 1 heterocycles. The zero-order valence-corrected chi connectivity index (χ0v) is 12.1. The van der Waals surface area contributed by atoms with Gasteiger partial charge in [0.25, 0.3) is 10.0 Å². The Morgan fingerprint density at radius 3 is 2.50 bits per heavy atom. The van der Waals surface area contributed by atoms with Crippen molar-refractivity contribution in [1.29, 1.82) is 0 Å². The molecule has 0 unspecified atom stereocenters. The fraction of sp³-hybridized carbons (Fsp3) is 0.308. The summed E-state index contributed by atoms with van der Waals surface area (Å²) in [6.07, 6.45) is 1.44. The summed E-state index contributed by atoms with van der Waals surface area (Å²) in [5.41, 5.74) is 0.700. The smallest absolute Gasteiger partial charge is 0.260 e.